The molecule has 0 N–H and O–H groups in total. The molecule has 0 saturated heterocycles. The molecule has 4 heteroatoms. The van der Waals surface area contributed by atoms with Gasteiger partial charge in [0, 0.05) is 17.3 Å². The number of aryl methyl sites for hydroxylation is 1. The topological polar surface area (TPSA) is 43.4 Å². The van der Waals surface area contributed by atoms with Crippen LogP contribution in [0, 0.1) is 0 Å². The zero-order valence-corrected chi connectivity index (χ0v) is 12.2. The van der Waals surface area contributed by atoms with Gasteiger partial charge >= 0.3 is 5.97 Å². The molecule has 0 fully saturated rings. The first-order valence-electron chi connectivity index (χ1n) is 6.03. The summed E-state index contributed by atoms with van der Waals surface area (Å²) in [6.07, 6.45) is 1.20. The van der Waals surface area contributed by atoms with Crippen molar-refractivity contribution in [2.24, 2.45) is 0 Å². The summed E-state index contributed by atoms with van der Waals surface area (Å²) in [5, 5.41) is 0.624. The molecule has 0 unspecified atom stereocenters. The fourth-order valence-corrected chi connectivity index (χ4v) is 2.07. The Balaban J connectivity index is 3.09. The lowest BCUT2D eigenvalue weighted by Crippen LogP contribution is -2.09. The van der Waals surface area contributed by atoms with Crippen LogP contribution in [-0.4, -0.2) is 23.7 Å². The molecule has 0 amide bonds. The van der Waals surface area contributed by atoms with E-state index >= 15 is 0 Å². The van der Waals surface area contributed by atoms with Gasteiger partial charge in [0.1, 0.15) is 0 Å². The second kappa shape index (κ2) is 7.31. The molecule has 3 nitrogen and oxygen atoms in total. The zero-order valence-electron chi connectivity index (χ0n) is 10.7. The molecule has 98 valence electrons. The van der Waals surface area contributed by atoms with Crippen molar-refractivity contribution in [3.63, 3.8) is 0 Å². The molecular formula is C14H17BrO3. The number of hydrogen-bond acceptors (Lipinski definition) is 3. The second-order valence-electron chi connectivity index (χ2n) is 3.81. The summed E-state index contributed by atoms with van der Waals surface area (Å²) in [6.45, 7) is 4.08. The van der Waals surface area contributed by atoms with Crippen LogP contribution < -0.4 is 0 Å². The first-order chi connectivity index (χ1) is 8.63. The Morgan fingerprint density at radius 3 is 2.56 bits per heavy atom. The normalized spacial score (nSPS) is 10.2. The number of carbonyl (C=O) groups is 2. The van der Waals surface area contributed by atoms with Crippen molar-refractivity contribution in [2.75, 3.05) is 11.9 Å². The van der Waals surface area contributed by atoms with Gasteiger partial charge < -0.3 is 4.74 Å². The maximum atomic E-state index is 12.0. The highest BCUT2D eigenvalue weighted by Gasteiger charge is 2.14. The van der Waals surface area contributed by atoms with Crippen molar-refractivity contribution in [3.8, 4) is 0 Å². The van der Waals surface area contributed by atoms with Crippen molar-refractivity contribution in [1.29, 1.82) is 0 Å². The summed E-state index contributed by atoms with van der Waals surface area (Å²) in [5.74, 6) is -0.331. The second-order valence-corrected chi connectivity index (χ2v) is 4.60. The smallest absolute Gasteiger partial charge is 0.338 e. The van der Waals surface area contributed by atoms with E-state index in [1.807, 2.05) is 13.0 Å². The lowest BCUT2D eigenvalue weighted by Gasteiger charge is -2.09. The van der Waals surface area contributed by atoms with E-state index in [1.54, 1.807) is 19.1 Å². The number of rotatable bonds is 6. The molecule has 1 rings (SSSR count). The van der Waals surface area contributed by atoms with E-state index in [-0.39, 0.29) is 11.8 Å². The number of ketones is 1. The Hall–Kier alpha value is -1.16. The summed E-state index contributed by atoms with van der Waals surface area (Å²) in [5.41, 5.74) is 2.03. The van der Waals surface area contributed by atoms with Crippen LogP contribution in [0.5, 0.6) is 0 Å². The Kier molecular flexibility index (Phi) is 6.05. The Bertz CT molecular complexity index is 441. The highest BCUT2D eigenvalue weighted by molar-refractivity contribution is 9.09. The summed E-state index contributed by atoms with van der Waals surface area (Å²) in [6, 6.07) is 5.18. The molecule has 0 aliphatic rings. The molecule has 0 bridgehead atoms. The highest BCUT2D eigenvalue weighted by Crippen LogP contribution is 2.16. The van der Waals surface area contributed by atoms with Gasteiger partial charge in [-0.3, -0.25) is 4.79 Å². The molecule has 1 aromatic carbocycles. The van der Waals surface area contributed by atoms with Crippen molar-refractivity contribution in [1.82, 2.24) is 0 Å². The predicted octanol–water partition coefficient (Wildman–Crippen LogP) is 3.39. The van der Waals surface area contributed by atoms with Gasteiger partial charge in [0.05, 0.1) is 12.2 Å². The predicted molar refractivity (Wildman–Crippen MR) is 74.5 cm³/mol. The number of esters is 1. The van der Waals surface area contributed by atoms with E-state index < -0.39 is 0 Å². The Morgan fingerprint density at radius 1 is 1.28 bits per heavy atom. The first-order valence-corrected chi connectivity index (χ1v) is 7.15. The highest BCUT2D eigenvalue weighted by atomic mass is 79.9. The third-order valence-electron chi connectivity index (χ3n) is 2.62. The maximum Gasteiger partial charge on any atom is 0.338 e. The van der Waals surface area contributed by atoms with Gasteiger partial charge in [0.2, 0.25) is 0 Å². The molecule has 0 aromatic heterocycles. The Morgan fingerprint density at radius 2 is 2.00 bits per heavy atom. The van der Waals surface area contributed by atoms with Gasteiger partial charge in [-0.2, -0.15) is 0 Å². The number of ether oxygens (including phenoxy) is 1. The molecule has 1 aromatic rings. The fraction of sp³-hybridized carbons (Fsp3) is 0.429. The molecular weight excluding hydrogens is 296 g/mol. The molecule has 0 radical (unpaired) electrons. The summed E-state index contributed by atoms with van der Waals surface area (Å²) < 4.78 is 4.94. The number of carbonyl (C=O) groups excluding carboxylic acids is 2. The molecule has 0 atom stereocenters. The summed E-state index contributed by atoms with van der Waals surface area (Å²) in [7, 11) is 0. The van der Waals surface area contributed by atoms with Crippen LogP contribution in [0.3, 0.4) is 0 Å². The van der Waals surface area contributed by atoms with E-state index in [0.717, 1.165) is 12.0 Å². The van der Waals surface area contributed by atoms with E-state index in [2.05, 4.69) is 15.9 Å². The molecule has 0 heterocycles. The SMILES string of the molecule is CCOC(=O)c1ccc(CC)c(C(=O)CCBr)c1. The van der Waals surface area contributed by atoms with Crippen molar-refractivity contribution < 1.29 is 14.3 Å². The van der Waals surface area contributed by atoms with Gasteiger partial charge in [0.25, 0.3) is 0 Å². The lowest BCUT2D eigenvalue weighted by atomic mass is 9.97. The largest absolute Gasteiger partial charge is 0.462 e. The van der Waals surface area contributed by atoms with Gasteiger partial charge in [-0.25, -0.2) is 4.79 Å². The van der Waals surface area contributed by atoms with Gasteiger partial charge in [0.15, 0.2) is 5.78 Å². The standard InChI is InChI=1S/C14H17BrO3/c1-3-10-5-6-11(14(17)18-4-2)9-12(10)13(16)7-8-15/h5-6,9H,3-4,7-8H2,1-2H3. The molecule has 0 aliphatic carbocycles. The van der Waals surface area contributed by atoms with E-state index in [1.165, 1.54) is 0 Å². The minimum atomic E-state index is -0.381. The van der Waals surface area contributed by atoms with E-state index in [9.17, 15) is 9.59 Å². The van der Waals surface area contributed by atoms with Crippen LogP contribution in [0.15, 0.2) is 18.2 Å². The zero-order chi connectivity index (χ0) is 13.5. The van der Waals surface area contributed by atoms with Crippen LogP contribution in [-0.2, 0) is 11.2 Å². The van der Waals surface area contributed by atoms with Gasteiger partial charge in [-0.1, -0.05) is 28.9 Å². The number of alkyl halides is 1. The van der Waals surface area contributed by atoms with E-state index in [0.29, 0.717) is 29.5 Å². The number of Topliss-reactive ketones (excluding diaryl/α,β-unsaturated/α-hetero) is 1. The van der Waals surface area contributed by atoms with Crippen molar-refractivity contribution in [3.05, 3.63) is 34.9 Å². The van der Waals surface area contributed by atoms with Crippen molar-refractivity contribution >= 4 is 27.7 Å². The summed E-state index contributed by atoms with van der Waals surface area (Å²) >= 11 is 3.25. The third kappa shape index (κ3) is 3.67. The van der Waals surface area contributed by atoms with Crippen LogP contribution in [0.2, 0.25) is 0 Å². The monoisotopic (exact) mass is 312 g/mol. The van der Waals surface area contributed by atoms with Crippen molar-refractivity contribution in [2.45, 2.75) is 26.7 Å². The molecule has 0 spiro atoms. The first kappa shape index (κ1) is 14.9. The quantitative estimate of drug-likeness (QED) is 0.459. The fourth-order valence-electron chi connectivity index (χ4n) is 1.71. The van der Waals surface area contributed by atoms with Crippen LogP contribution in [0.25, 0.3) is 0 Å². The minimum absolute atomic E-state index is 0.0508. The number of halogens is 1. The maximum absolute atomic E-state index is 12.0. The van der Waals surface area contributed by atoms with Crippen LogP contribution in [0.4, 0.5) is 0 Å². The van der Waals surface area contributed by atoms with Gasteiger partial charge in [-0.05, 0) is 31.0 Å². The van der Waals surface area contributed by atoms with Crippen LogP contribution in [0.1, 0.15) is 46.5 Å². The lowest BCUT2D eigenvalue weighted by molar-refractivity contribution is 0.0526. The molecule has 0 saturated carbocycles. The number of benzene rings is 1. The van der Waals surface area contributed by atoms with Crippen LogP contribution >= 0.6 is 15.9 Å². The number of hydrogen-bond donors (Lipinski definition) is 0. The Labute approximate surface area is 116 Å². The average Bonchev–Trinajstić information content (AvgIpc) is 2.38. The average molecular weight is 313 g/mol. The minimum Gasteiger partial charge on any atom is -0.462 e. The summed E-state index contributed by atoms with van der Waals surface area (Å²) in [4.78, 5) is 23.6. The molecule has 0 aliphatic heterocycles. The molecule has 18 heavy (non-hydrogen) atoms. The third-order valence-corrected chi connectivity index (χ3v) is 3.02. The van der Waals surface area contributed by atoms with E-state index in [4.69, 9.17) is 4.74 Å². The van der Waals surface area contributed by atoms with Gasteiger partial charge in [-0.15, -0.1) is 0 Å².